The van der Waals surface area contributed by atoms with E-state index < -0.39 is 11.9 Å². The van der Waals surface area contributed by atoms with Gasteiger partial charge in [0.15, 0.2) is 0 Å². The number of esters is 1. The Morgan fingerprint density at radius 2 is 1.94 bits per heavy atom. The van der Waals surface area contributed by atoms with Crippen molar-refractivity contribution >= 4 is 11.9 Å². The summed E-state index contributed by atoms with van der Waals surface area (Å²) in [7, 11) is 3.73. The number of likely N-dealkylation sites (N-methyl/N-ethyl adjacent to an activating group) is 1. The fraction of sp³-hybridized carbons (Fsp3) is 0.818. The first-order valence-electron chi connectivity index (χ1n) is 5.68. The lowest BCUT2D eigenvalue weighted by atomic mass is 10.0. The number of piperidine rings is 1. The maximum absolute atomic E-state index is 11.7. The molecule has 0 spiro atoms. The Morgan fingerprint density at radius 3 is 2.44 bits per heavy atom. The Labute approximate surface area is 96.3 Å². The lowest BCUT2D eigenvalue weighted by Crippen LogP contribution is -2.47. The quantitative estimate of drug-likeness (QED) is 0.497. The van der Waals surface area contributed by atoms with Crippen LogP contribution in [0.3, 0.4) is 0 Å². The molecule has 0 unspecified atom stereocenters. The maximum atomic E-state index is 11.7. The van der Waals surface area contributed by atoms with E-state index in [9.17, 15) is 9.59 Å². The molecular formula is C11H20N2O3. The molecule has 0 atom stereocenters. The van der Waals surface area contributed by atoms with Crippen LogP contribution in [-0.2, 0) is 14.3 Å². The number of carbonyl (C=O) groups excluding carboxylic acids is 2. The van der Waals surface area contributed by atoms with Crippen molar-refractivity contribution in [2.24, 2.45) is 0 Å². The zero-order chi connectivity index (χ0) is 12.1. The summed E-state index contributed by atoms with van der Waals surface area (Å²) in [5.74, 6) is -1.28. The second kappa shape index (κ2) is 5.84. The molecule has 0 radical (unpaired) electrons. The van der Waals surface area contributed by atoms with Gasteiger partial charge in [-0.05, 0) is 39.9 Å². The minimum Gasteiger partial charge on any atom is -0.459 e. The maximum Gasteiger partial charge on any atom is 0.397 e. The highest BCUT2D eigenvalue weighted by molar-refractivity contribution is 6.32. The second-order valence-corrected chi connectivity index (χ2v) is 4.17. The summed E-state index contributed by atoms with van der Waals surface area (Å²) < 4.78 is 4.70. The molecule has 1 heterocycles. The summed E-state index contributed by atoms with van der Waals surface area (Å²) in [6.07, 6.45) is 1.83. The van der Waals surface area contributed by atoms with Gasteiger partial charge in [-0.15, -0.1) is 0 Å². The summed E-state index contributed by atoms with van der Waals surface area (Å²) in [6, 6.07) is 0.160. The molecule has 92 valence electrons. The van der Waals surface area contributed by atoms with Crippen LogP contribution >= 0.6 is 0 Å². The fourth-order valence-corrected chi connectivity index (χ4v) is 1.88. The van der Waals surface area contributed by atoms with Gasteiger partial charge in [0.1, 0.15) is 0 Å². The van der Waals surface area contributed by atoms with Crippen molar-refractivity contribution in [1.82, 2.24) is 9.80 Å². The highest BCUT2D eigenvalue weighted by Gasteiger charge is 2.28. The van der Waals surface area contributed by atoms with Crippen molar-refractivity contribution in [2.75, 3.05) is 33.8 Å². The van der Waals surface area contributed by atoms with E-state index in [1.54, 1.807) is 14.0 Å². The molecule has 1 saturated heterocycles. The molecule has 0 bridgehead atoms. The molecule has 0 aliphatic carbocycles. The van der Waals surface area contributed by atoms with Crippen molar-refractivity contribution in [3.8, 4) is 0 Å². The van der Waals surface area contributed by atoms with Gasteiger partial charge in [-0.2, -0.15) is 0 Å². The molecule has 0 aromatic carbocycles. The monoisotopic (exact) mass is 228 g/mol. The molecule has 0 saturated carbocycles. The van der Waals surface area contributed by atoms with Gasteiger partial charge >= 0.3 is 11.9 Å². The molecular weight excluding hydrogens is 208 g/mol. The van der Waals surface area contributed by atoms with E-state index in [1.165, 1.54) is 4.90 Å². The zero-order valence-electron chi connectivity index (χ0n) is 10.2. The zero-order valence-corrected chi connectivity index (χ0v) is 10.2. The minimum atomic E-state index is -0.746. The largest absolute Gasteiger partial charge is 0.459 e. The van der Waals surface area contributed by atoms with E-state index in [1.807, 2.05) is 0 Å². The van der Waals surface area contributed by atoms with Gasteiger partial charge in [-0.3, -0.25) is 4.79 Å². The van der Waals surface area contributed by atoms with Gasteiger partial charge < -0.3 is 14.5 Å². The highest BCUT2D eigenvalue weighted by Crippen LogP contribution is 2.14. The standard InChI is InChI=1S/C11H20N2O3/c1-4-16-11(15)10(14)13(3)9-5-7-12(2)8-6-9/h9H,4-8H2,1-3H3. The van der Waals surface area contributed by atoms with E-state index in [-0.39, 0.29) is 12.6 Å². The van der Waals surface area contributed by atoms with Crippen LogP contribution in [0, 0.1) is 0 Å². The van der Waals surface area contributed by atoms with Crippen molar-refractivity contribution < 1.29 is 14.3 Å². The lowest BCUT2D eigenvalue weighted by Gasteiger charge is -2.34. The lowest BCUT2D eigenvalue weighted by molar-refractivity contribution is -0.160. The van der Waals surface area contributed by atoms with Crippen molar-refractivity contribution in [1.29, 1.82) is 0 Å². The van der Waals surface area contributed by atoms with E-state index in [4.69, 9.17) is 4.74 Å². The van der Waals surface area contributed by atoms with Gasteiger partial charge in [-0.25, -0.2) is 4.79 Å². The Morgan fingerprint density at radius 1 is 1.38 bits per heavy atom. The highest BCUT2D eigenvalue weighted by atomic mass is 16.5. The number of hydrogen-bond acceptors (Lipinski definition) is 4. The molecule has 5 heteroatoms. The van der Waals surface area contributed by atoms with Gasteiger partial charge in [0, 0.05) is 13.1 Å². The molecule has 1 aliphatic heterocycles. The summed E-state index contributed by atoms with van der Waals surface area (Å²) in [4.78, 5) is 26.7. The van der Waals surface area contributed by atoms with Crippen LogP contribution in [0.1, 0.15) is 19.8 Å². The SMILES string of the molecule is CCOC(=O)C(=O)N(C)C1CCN(C)CC1. The predicted octanol–water partition coefficient (Wildman–Crippen LogP) is 0.102. The average molecular weight is 228 g/mol. The Bertz CT molecular complexity index is 260. The Hall–Kier alpha value is -1.10. The first-order valence-corrected chi connectivity index (χ1v) is 5.68. The number of amides is 1. The third-order valence-electron chi connectivity index (χ3n) is 3.01. The summed E-state index contributed by atoms with van der Waals surface area (Å²) in [5.41, 5.74) is 0. The van der Waals surface area contributed by atoms with Gasteiger partial charge in [0.2, 0.25) is 0 Å². The van der Waals surface area contributed by atoms with Gasteiger partial charge in [0.25, 0.3) is 0 Å². The van der Waals surface area contributed by atoms with E-state index in [0.29, 0.717) is 0 Å². The number of carbonyl (C=O) groups is 2. The van der Waals surface area contributed by atoms with Crippen molar-refractivity contribution in [3.05, 3.63) is 0 Å². The van der Waals surface area contributed by atoms with Gasteiger partial charge in [-0.1, -0.05) is 0 Å². The third-order valence-corrected chi connectivity index (χ3v) is 3.01. The van der Waals surface area contributed by atoms with Crippen LogP contribution in [0.4, 0.5) is 0 Å². The number of rotatable bonds is 2. The van der Waals surface area contributed by atoms with Gasteiger partial charge in [0.05, 0.1) is 6.61 Å². The number of nitrogens with zero attached hydrogens (tertiary/aromatic N) is 2. The normalized spacial score (nSPS) is 18.2. The number of likely N-dealkylation sites (tertiary alicyclic amines) is 1. The van der Waals surface area contributed by atoms with Crippen LogP contribution in [0.25, 0.3) is 0 Å². The fourth-order valence-electron chi connectivity index (χ4n) is 1.88. The van der Waals surface area contributed by atoms with Crippen LogP contribution in [0.2, 0.25) is 0 Å². The van der Waals surface area contributed by atoms with Crippen LogP contribution in [-0.4, -0.2) is 61.5 Å². The number of hydrogen-bond donors (Lipinski definition) is 0. The summed E-state index contributed by atoms with van der Waals surface area (Å²) >= 11 is 0. The second-order valence-electron chi connectivity index (χ2n) is 4.17. The van der Waals surface area contributed by atoms with Crippen molar-refractivity contribution in [2.45, 2.75) is 25.8 Å². The molecule has 0 N–H and O–H groups in total. The van der Waals surface area contributed by atoms with E-state index in [2.05, 4.69) is 11.9 Å². The molecule has 1 rings (SSSR count). The molecule has 1 aliphatic rings. The predicted molar refractivity (Wildman–Crippen MR) is 59.9 cm³/mol. The van der Waals surface area contributed by atoms with Crippen LogP contribution in [0.15, 0.2) is 0 Å². The first kappa shape index (κ1) is 13.0. The van der Waals surface area contributed by atoms with Crippen LogP contribution in [0.5, 0.6) is 0 Å². The van der Waals surface area contributed by atoms with Crippen molar-refractivity contribution in [3.63, 3.8) is 0 Å². The Kier molecular flexibility index (Phi) is 4.73. The Balaban J connectivity index is 2.47. The molecule has 1 amide bonds. The molecule has 16 heavy (non-hydrogen) atoms. The van der Waals surface area contributed by atoms with Crippen LogP contribution < -0.4 is 0 Å². The molecule has 0 aromatic heterocycles. The smallest absolute Gasteiger partial charge is 0.397 e. The molecule has 5 nitrogen and oxygen atoms in total. The average Bonchev–Trinajstić information content (AvgIpc) is 2.28. The molecule has 1 fully saturated rings. The first-order chi connectivity index (χ1) is 7.56. The summed E-state index contributed by atoms with van der Waals surface area (Å²) in [6.45, 7) is 3.86. The minimum absolute atomic E-state index is 0.160. The molecule has 0 aromatic rings. The third kappa shape index (κ3) is 3.20. The topological polar surface area (TPSA) is 49.9 Å². The number of ether oxygens (including phenoxy) is 1. The summed E-state index contributed by atoms with van der Waals surface area (Å²) in [5, 5.41) is 0. The van der Waals surface area contributed by atoms with E-state index >= 15 is 0 Å². The van der Waals surface area contributed by atoms with E-state index in [0.717, 1.165) is 25.9 Å².